The summed E-state index contributed by atoms with van der Waals surface area (Å²) >= 11 is 0. The Labute approximate surface area is 122 Å². The molecule has 3 aromatic rings. The molecule has 0 spiro atoms. The Kier molecular flexibility index (Phi) is 3.56. The second kappa shape index (κ2) is 5.67. The van der Waals surface area contributed by atoms with Crippen LogP contribution in [0.4, 0.5) is 0 Å². The normalized spacial score (nSPS) is 10.3. The summed E-state index contributed by atoms with van der Waals surface area (Å²) in [5.41, 5.74) is 2.34. The minimum atomic E-state index is 0.548. The molecule has 0 bridgehead atoms. The van der Waals surface area contributed by atoms with Gasteiger partial charge in [-0.2, -0.15) is 0 Å². The molecule has 0 unspecified atom stereocenters. The van der Waals surface area contributed by atoms with E-state index in [0.29, 0.717) is 17.1 Å². The van der Waals surface area contributed by atoms with Crippen LogP contribution in [-0.2, 0) is 0 Å². The third-order valence-corrected chi connectivity index (χ3v) is 3.30. The molecule has 2 aromatic carbocycles. The molecule has 0 saturated heterocycles. The first-order valence-corrected chi connectivity index (χ1v) is 6.60. The van der Waals surface area contributed by atoms with Gasteiger partial charge in [-0.15, -0.1) is 0 Å². The Hall–Kier alpha value is -2.81. The van der Waals surface area contributed by atoms with E-state index in [1.165, 1.54) is 0 Å². The van der Waals surface area contributed by atoms with Crippen LogP contribution in [0.5, 0.6) is 5.75 Å². The van der Waals surface area contributed by atoms with E-state index in [2.05, 4.69) is 0 Å². The third kappa shape index (κ3) is 2.58. The van der Waals surface area contributed by atoms with Crippen molar-refractivity contribution in [3.63, 3.8) is 0 Å². The van der Waals surface area contributed by atoms with Gasteiger partial charge < -0.3 is 9.15 Å². The molecule has 104 valence electrons. The number of furan rings is 1. The molecule has 3 rings (SSSR count). The van der Waals surface area contributed by atoms with Crippen LogP contribution < -0.4 is 4.74 Å². The summed E-state index contributed by atoms with van der Waals surface area (Å²) < 4.78 is 11.0. The molecule has 0 saturated carbocycles. The summed E-state index contributed by atoms with van der Waals surface area (Å²) in [4.78, 5) is 11.3. The smallest absolute Gasteiger partial charge is 0.153 e. The molecule has 3 heteroatoms. The molecule has 21 heavy (non-hydrogen) atoms. The van der Waals surface area contributed by atoms with Crippen molar-refractivity contribution in [3.8, 4) is 28.4 Å². The van der Waals surface area contributed by atoms with Gasteiger partial charge in [0.05, 0.1) is 12.7 Å². The summed E-state index contributed by atoms with van der Waals surface area (Å²) in [6.07, 6.45) is 0.818. The van der Waals surface area contributed by atoms with Crippen molar-refractivity contribution in [1.82, 2.24) is 0 Å². The van der Waals surface area contributed by atoms with E-state index in [-0.39, 0.29) is 0 Å². The third-order valence-electron chi connectivity index (χ3n) is 3.30. The van der Waals surface area contributed by atoms with Gasteiger partial charge in [0.1, 0.15) is 17.3 Å². The Bertz CT molecular complexity index is 740. The fourth-order valence-electron chi connectivity index (χ4n) is 2.21. The van der Waals surface area contributed by atoms with Crippen molar-refractivity contribution in [2.45, 2.75) is 0 Å². The molecule has 0 aliphatic heterocycles. The van der Waals surface area contributed by atoms with Crippen LogP contribution in [0.1, 0.15) is 10.4 Å². The van der Waals surface area contributed by atoms with Crippen molar-refractivity contribution in [1.29, 1.82) is 0 Å². The van der Waals surface area contributed by atoms with Gasteiger partial charge in [-0.05, 0) is 30.3 Å². The standard InChI is InChI=1S/C18H14O3/c1-20-16-9-7-13(8-10-16)17-11-15(12-19)18(21-17)14-5-3-2-4-6-14/h2-12H,1H3. The van der Waals surface area contributed by atoms with E-state index in [1.54, 1.807) is 13.2 Å². The van der Waals surface area contributed by atoms with Gasteiger partial charge in [0.15, 0.2) is 6.29 Å². The predicted octanol–water partition coefficient (Wildman–Crippen LogP) is 4.43. The zero-order valence-corrected chi connectivity index (χ0v) is 11.6. The lowest BCUT2D eigenvalue weighted by atomic mass is 10.1. The van der Waals surface area contributed by atoms with E-state index in [4.69, 9.17) is 9.15 Å². The first kappa shape index (κ1) is 13.2. The molecular weight excluding hydrogens is 264 g/mol. The summed E-state index contributed by atoms with van der Waals surface area (Å²) in [7, 11) is 1.62. The highest BCUT2D eigenvalue weighted by Gasteiger charge is 2.13. The maximum Gasteiger partial charge on any atom is 0.153 e. The van der Waals surface area contributed by atoms with Crippen LogP contribution in [0.3, 0.4) is 0 Å². The molecule has 1 aromatic heterocycles. The monoisotopic (exact) mass is 278 g/mol. The van der Waals surface area contributed by atoms with Crippen LogP contribution in [0.25, 0.3) is 22.6 Å². The topological polar surface area (TPSA) is 39.4 Å². The van der Waals surface area contributed by atoms with Gasteiger partial charge in [0.2, 0.25) is 0 Å². The molecule has 1 heterocycles. The van der Waals surface area contributed by atoms with Crippen LogP contribution in [-0.4, -0.2) is 13.4 Å². The van der Waals surface area contributed by atoms with Crippen LogP contribution in [0.2, 0.25) is 0 Å². The van der Waals surface area contributed by atoms with Gasteiger partial charge in [-0.25, -0.2) is 0 Å². The minimum absolute atomic E-state index is 0.548. The summed E-state index contributed by atoms with van der Waals surface area (Å²) in [5.74, 6) is 2.04. The second-order valence-corrected chi connectivity index (χ2v) is 4.61. The average Bonchev–Trinajstić information content (AvgIpc) is 3.00. The lowest BCUT2D eigenvalue weighted by molar-refractivity contribution is 0.112. The maximum atomic E-state index is 11.3. The molecular formula is C18H14O3. The number of carbonyl (C=O) groups excluding carboxylic acids is 1. The Balaban J connectivity index is 2.04. The zero-order chi connectivity index (χ0) is 14.7. The predicted molar refractivity (Wildman–Crippen MR) is 81.5 cm³/mol. The summed E-state index contributed by atoms with van der Waals surface area (Å²) in [6.45, 7) is 0. The molecule has 0 radical (unpaired) electrons. The second-order valence-electron chi connectivity index (χ2n) is 4.61. The van der Waals surface area contributed by atoms with Crippen molar-refractivity contribution in [2.24, 2.45) is 0 Å². The SMILES string of the molecule is COc1ccc(-c2cc(C=O)c(-c3ccccc3)o2)cc1. The highest BCUT2D eigenvalue weighted by Crippen LogP contribution is 2.32. The largest absolute Gasteiger partial charge is 0.497 e. The van der Waals surface area contributed by atoms with E-state index in [9.17, 15) is 4.79 Å². The lowest BCUT2D eigenvalue weighted by Gasteiger charge is -2.01. The van der Waals surface area contributed by atoms with Gasteiger partial charge in [0, 0.05) is 11.1 Å². The number of carbonyl (C=O) groups is 1. The molecule has 3 nitrogen and oxygen atoms in total. The Morgan fingerprint density at radius 2 is 1.67 bits per heavy atom. The highest BCUT2D eigenvalue weighted by molar-refractivity contribution is 5.87. The van der Waals surface area contributed by atoms with Gasteiger partial charge in [0.25, 0.3) is 0 Å². The van der Waals surface area contributed by atoms with Crippen molar-refractivity contribution < 1.29 is 13.9 Å². The van der Waals surface area contributed by atoms with Crippen LogP contribution in [0.15, 0.2) is 65.1 Å². The zero-order valence-electron chi connectivity index (χ0n) is 11.6. The first-order chi connectivity index (χ1) is 10.3. The summed E-state index contributed by atoms with van der Waals surface area (Å²) in [6, 6.07) is 18.9. The molecule has 0 amide bonds. The number of methoxy groups -OCH3 is 1. The molecule has 0 fully saturated rings. The van der Waals surface area contributed by atoms with Crippen molar-refractivity contribution >= 4 is 6.29 Å². The molecule has 0 aliphatic rings. The fourth-order valence-corrected chi connectivity index (χ4v) is 2.21. The van der Waals surface area contributed by atoms with Gasteiger partial charge in [-0.1, -0.05) is 30.3 Å². The number of rotatable bonds is 4. The van der Waals surface area contributed by atoms with Crippen molar-refractivity contribution in [3.05, 3.63) is 66.2 Å². The molecule has 0 aliphatic carbocycles. The van der Waals surface area contributed by atoms with Gasteiger partial charge >= 0.3 is 0 Å². The Morgan fingerprint density at radius 1 is 0.952 bits per heavy atom. The number of benzene rings is 2. The molecule has 0 atom stereocenters. The van der Waals surface area contributed by atoms with E-state index in [1.807, 2.05) is 54.6 Å². The average molecular weight is 278 g/mol. The summed E-state index contributed by atoms with van der Waals surface area (Å²) in [5, 5.41) is 0. The number of hydrogen-bond donors (Lipinski definition) is 0. The van der Waals surface area contributed by atoms with E-state index in [0.717, 1.165) is 23.2 Å². The fraction of sp³-hybridized carbons (Fsp3) is 0.0556. The van der Waals surface area contributed by atoms with E-state index < -0.39 is 0 Å². The number of aldehydes is 1. The van der Waals surface area contributed by atoms with Crippen molar-refractivity contribution in [2.75, 3.05) is 7.11 Å². The van der Waals surface area contributed by atoms with Crippen LogP contribution in [0, 0.1) is 0 Å². The van der Waals surface area contributed by atoms with Gasteiger partial charge in [-0.3, -0.25) is 4.79 Å². The van der Waals surface area contributed by atoms with E-state index >= 15 is 0 Å². The lowest BCUT2D eigenvalue weighted by Crippen LogP contribution is -1.81. The highest BCUT2D eigenvalue weighted by atomic mass is 16.5. The van der Waals surface area contributed by atoms with Crippen LogP contribution >= 0.6 is 0 Å². The maximum absolute atomic E-state index is 11.3. The molecule has 0 N–H and O–H groups in total. The number of hydrogen-bond acceptors (Lipinski definition) is 3. The first-order valence-electron chi connectivity index (χ1n) is 6.60. The number of ether oxygens (including phenoxy) is 1. The Morgan fingerprint density at radius 3 is 2.29 bits per heavy atom. The minimum Gasteiger partial charge on any atom is -0.497 e. The quantitative estimate of drug-likeness (QED) is 0.662.